The number of nitrogens with zero attached hydrogens (tertiary/aromatic N) is 3. The van der Waals surface area contributed by atoms with Crippen LogP contribution in [0.25, 0.3) is 0 Å². The van der Waals surface area contributed by atoms with Crippen LogP contribution in [0.2, 0.25) is 0 Å². The molecular formula is C27H39F3N6O2. The van der Waals surface area contributed by atoms with E-state index in [0.29, 0.717) is 11.7 Å². The lowest BCUT2D eigenvalue weighted by atomic mass is 9.79. The fourth-order valence-electron chi connectivity index (χ4n) is 5.65. The smallest absolute Gasteiger partial charge is 0.387 e. The van der Waals surface area contributed by atoms with Crippen molar-refractivity contribution in [2.75, 3.05) is 23.7 Å². The van der Waals surface area contributed by atoms with Crippen LogP contribution in [0.4, 0.5) is 30.6 Å². The van der Waals surface area contributed by atoms with E-state index in [2.05, 4.69) is 72.4 Å². The van der Waals surface area contributed by atoms with Crippen LogP contribution >= 0.6 is 0 Å². The van der Waals surface area contributed by atoms with Crippen molar-refractivity contribution in [1.82, 2.24) is 20.2 Å². The second kappa shape index (κ2) is 11.1. The van der Waals surface area contributed by atoms with Gasteiger partial charge in [-0.1, -0.05) is 0 Å². The van der Waals surface area contributed by atoms with Crippen molar-refractivity contribution in [1.29, 1.82) is 0 Å². The maximum atomic E-state index is 14.6. The third-order valence-electron chi connectivity index (χ3n) is 6.89. The van der Waals surface area contributed by atoms with Crippen molar-refractivity contribution in [2.24, 2.45) is 0 Å². The molecule has 210 valence electrons. The number of hydrogen-bond donors (Lipinski definition) is 3. The van der Waals surface area contributed by atoms with Gasteiger partial charge in [0.15, 0.2) is 23.1 Å². The fraction of sp³-hybridized carbons (Fsp3) is 0.630. The maximum Gasteiger partial charge on any atom is 0.387 e. The van der Waals surface area contributed by atoms with Gasteiger partial charge in [0.25, 0.3) is 0 Å². The number of aromatic nitrogens is 2. The monoisotopic (exact) mass is 536 g/mol. The van der Waals surface area contributed by atoms with Crippen molar-refractivity contribution in [2.45, 2.75) is 96.7 Å². The van der Waals surface area contributed by atoms with Crippen molar-refractivity contribution < 1.29 is 22.6 Å². The summed E-state index contributed by atoms with van der Waals surface area (Å²) in [6.07, 6.45) is 3.35. The Balaban J connectivity index is 1.48. The Labute approximate surface area is 222 Å². The summed E-state index contributed by atoms with van der Waals surface area (Å²) in [6, 6.07) is 5.05. The van der Waals surface area contributed by atoms with E-state index < -0.39 is 12.4 Å². The summed E-state index contributed by atoms with van der Waals surface area (Å²) in [6.45, 7) is 11.3. The molecule has 2 aliphatic rings. The number of benzene rings is 1. The largest absolute Gasteiger partial charge is 0.485 e. The SMILES string of the molecule is CC(C)N1CCC(Oc2ccc(Nc3ncc(F)c(NC4CC(C)(C)NC(C)(C)C4)n3)cc2OC(F)F)C1. The number of rotatable bonds is 9. The van der Waals surface area contributed by atoms with Crippen LogP contribution in [0.15, 0.2) is 24.4 Å². The van der Waals surface area contributed by atoms with Gasteiger partial charge in [-0.05, 0) is 72.9 Å². The molecule has 8 nitrogen and oxygen atoms in total. The van der Waals surface area contributed by atoms with Crippen LogP contribution in [0, 0.1) is 5.82 Å². The second-order valence-corrected chi connectivity index (χ2v) is 11.8. The fourth-order valence-corrected chi connectivity index (χ4v) is 5.65. The van der Waals surface area contributed by atoms with E-state index in [-0.39, 0.29) is 46.5 Å². The number of nitrogens with one attached hydrogen (secondary N) is 3. The van der Waals surface area contributed by atoms with Gasteiger partial charge in [0, 0.05) is 48.0 Å². The Morgan fingerprint density at radius 3 is 2.45 bits per heavy atom. The van der Waals surface area contributed by atoms with Crippen LogP contribution < -0.4 is 25.4 Å². The van der Waals surface area contributed by atoms with Crippen LogP contribution in [0.1, 0.15) is 60.8 Å². The molecule has 0 amide bonds. The molecule has 1 aromatic carbocycles. The van der Waals surface area contributed by atoms with Gasteiger partial charge in [0.2, 0.25) is 5.95 Å². The lowest BCUT2D eigenvalue weighted by Gasteiger charge is -2.46. The molecule has 2 saturated heterocycles. The molecule has 1 aromatic heterocycles. The molecule has 2 aliphatic heterocycles. The Kier molecular flexibility index (Phi) is 8.27. The molecule has 1 atom stereocenters. The van der Waals surface area contributed by atoms with E-state index in [9.17, 15) is 13.2 Å². The van der Waals surface area contributed by atoms with Crippen molar-refractivity contribution in [3.63, 3.8) is 0 Å². The topological polar surface area (TPSA) is 83.6 Å². The highest BCUT2D eigenvalue weighted by atomic mass is 19.3. The minimum atomic E-state index is -3.01. The van der Waals surface area contributed by atoms with E-state index in [0.717, 1.165) is 38.5 Å². The molecule has 0 radical (unpaired) electrons. The van der Waals surface area contributed by atoms with Gasteiger partial charge < -0.3 is 25.4 Å². The maximum absolute atomic E-state index is 14.6. The third-order valence-corrected chi connectivity index (χ3v) is 6.89. The Hall–Kier alpha value is -2.79. The number of likely N-dealkylation sites (tertiary alicyclic amines) is 1. The zero-order valence-electron chi connectivity index (χ0n) is 22.9. The predicted molar refractivity (Wildman–Crippen MR) is 142 cm³/mol. The first-order valence-corrected chi connectivity index (χ1v) is 13.1. The van der Waals surface area contributed by atoms with Gasteiger partial charge in [0.1, 0.15) is 6.10 Å². The van der Waals surface area contributed by atoms with Crippen LogP contribution in [-0.2, 0) is 0 Å². The van der Waals surface area contributed by atoms with E-state index in [4.69, 9.17) is 9.47 Å². The van der Waals surface area contributed by atoms with Crippen molar-refractivity contribution in [3.8, 4) is 11.5 Å². The molecule has 4 rings (SSSR count). The normalized spacial score (nSPS) is 21.6. The van der Waals surface area contributed by atoms with Crippen LogP contribution in [-0.4, -0.2) is 63.8 Å². The molecule has 1 unspecified atom stereocenters. The molecule has 11 heteroatoms. The first kappa shape index (κ1) is 28.2. The Bertz CT molecular complexity index is 1100. The molecule has 0 saturated carbocycles. The second-order valence-electron chi connectivity index (χ2n) is 11.8. The van der Waals surface area contributed by atoms with Gasteiger partial charge in [-0.2, -0.15) is 13.8 Å². The van der Waals surface area contributed by atoms with Gasteiger partial charge in [-0.15, -0.1) is 0 Å². The van der Waals surface area contributed by atoms with E-state index in [1.165, 1.54) is 6.07 Å². The highest BCUT2D eigenvalue weighted by molar-refractivity contribution is 5.60. The molecule has 2 aromatic rings. The van der Waals surface area contributed by atoms with E-state index in [1.54, 1.807) is 12.1 Å². The van der Waals surface area contributed by atoms with Gasteiger partial charge in [0.05, 0.1) is 6.20 Å². The van der Waals surface area contributed by atoms with Crippen molar-refractivity contribution >= 4 is 17.5 Å². The zero-order chi connectivity index (χ0) is 27.7. The molecule has 0 bridgehead atoms. The minimum Gasteiger partial charge on any atom is -0.485 e. The number of anilines is 3. The predicted octanol–water partition coefficient (Wildman–Crippen LogP) is 5.54. The summed E-state index contributed by atoms with van der Waals surface area (Å²) in [4.78, 5) is 10.6. The highest BCUT2D eigenvalue weighted by Gasteiger charge is 2.38. The van der Waals surface area contributed by atoms with Gasteiger partial charge in [-0.3, -0.25) is 4.90 Å². The number of ether oxygens (including phenoxy) is 2. The number of halogens is 3. The lowest BCUT2D eigenvalue weighted by Crippen LogP contribution is -2.60. The molecule has 2 fully saturated rings. The zero-order valence-corrected chi connectivity index (χ0v) is 22.9. The molecule has 0 aliphatic carbocycles. The third kappa shape index (κ3) is 7.41. The summed E-state index contributed by atoms with van der Waals surface area (Å²) >= 11 is 0. The van der Waals surface area contributed by atoms with Gasteiger partial charge >= 0.3 is 6.61 Å². The number of alkyl halides is 2. The average molecular weight is 537 g/mol. The minimum absolute atomic E-state index is 0.00295. The Morgan fingerprint density at radius 1 is 1.11 bits per heavy atom. The molecule has 0 spiro atoms. The average Bonchev–Trinajstić information content (AvgIpc) is 3.24. The van der Waals surface area contributed by atoms with Gasteiger partial charge in [-0.25, -0.2) is 9.37 Å². The first-order chi connectivity index (χ1) is 17.8. The highest BCUT2D eigenvalue weighted by Crippen LogP contribution is 2.35. The summed E-state index contributed by atoms with van der Waals surface area (Å²) in [5, 5.41) is 9.80. The van der Waals surface area contributed by atoms with Crippen LogP contribution in [0.3, 0.4) is 0 Å². The molecular weight excluding hydrogens is 497 g/mol. The standard InChI is InChI=1S/C27H39F3N6O2/c1-16(2)36-10-9-19(15-36)37-21-8-7-17(11-22(21)38-24(29)30)33-25-31-14-20(28)23(34-25)32-18-12-26(3,4)35-27(5,6)13-18/h7-8,11,14,16,18-19,24,35H,9-10,12-13,15H2,1-6H3,(H2,31,32,33,34). The molecule has 3 heterocycles. The summed E-state index contributed by atoms with van der Waals surface area (Å²) in [5.41, 5.74) is 0.158. The summed E-state index contributed by atoms with van der Waals surface area (Å²) < 4.78 is 51.8. The molecule has 38 heavy (non-hydrogen) atoms. The number of piperidine rings is 1. The lowest BCUT2D eigenvalue weighted by molar-refractivity contribution is -0.0519. The van der Waals surface area contributed by atoms with Crippen LogP contribution in [0.5, 0.6) is 11.5 Å². The first-order valence-electron chi connectivity index (χ1n) is 13.1. The van der Waals surface area contributed by atoms with E-state index in [1.807, 2.05) is 0 Å². The summed E-state index contributed by atoms with van der Waals surface area (Å²) in [5.74, 6) is -0.206. The van der Waals surface area contributed by atoms with E-state index >= 15 is 0 Å². The Morgan fingerprint density at radius 2 is 1.82 bits per heavy atom. The van der Waals surface area contributed by atoms with Crippen molar-refractivity contribution in [3.05, 3.63) is 30.2 Å². The number of hydrogen-bond acceptors (Lipinski definition) is 8. The quantitative estimate of drug-likeness (QED) is 0.385. The summed E-state index contributed by atoms with van der Waals surface area (Å²) in [7, 11) is 0. The molecule has 3 N–H and O–H groups in total.